The fourth-order valence-corrected chi connectivity index (χ4v) is 2.30. The number of hydrogen-bond donors (Lipinski definition) is 2. The molecule has 0 fully saturated rings. The fraction of sp³-hybridized carbons (Fsp3) is 0.294. The Morgan fingerprint density at radius 1 is 1.24 bits per heavy atom. The average Bonchev–Trinajstić information content (AvgIpc) is 2.48. The number of aromatic hydroxyl groups is 1. The Bertz CT molecular complexity index is 601. The zero-order chi connectivity index (χ0) is 15.2. The maximum Gasteiger partial charge on any atom is 0.161 e. The third-order valence-electron chi connectivity index (χ3n) is 3.29. The number of phenols is 1. The van der Waals surface area contributed by atoms with Gasteiger partial charge < -0.3 is 15.2 Å². The van der Waals surface area contributed by atoms with E-state index in [1.807, 2.05) is 43.3 Å². The van der Waals surface area contributed by atoms with E-state index in [1.54, 1.807) is 6.07 Å². The second kappa shape index (κ2) is 7.34. The standard InChI is InChI=1S/C17H20ClNO2/c1-3-21-17-9-13(7-8-16(17)20)11-19-12(2)14-5-4-6-15(18)10-14/h4-10,12,19-20H,3,11H2,1-2H3/t12-/m1/s1. The third kappa shape index (κ3) is 4.38. The molecule has 0 saturated heterocycles. The maximum atomic E-state index is 9.69. The molecule has 0 aliphatic heterocycles. The molecule has 2 N–H and O–H groups in total. The maximum absolute atomic E-state index is 9.69. The second-order valence-corrected chi connectivity index (χ2v) is 5.33. The zero-order valence-corrected chi connectivity index (χ0v) is 13.0. The molecule has 21 heavy (non-hydrogen) atoms. The molecule has 0 saturated carbocycles. The minimum Gasteiger partial charge on any atom is -0.504 e. The second-order valence-electron chi connectivity index (χ2n) is 4.89. The molecular weight excluding hydrogens is 286 g/mol. The molecule has 4 heteroatoms. The molecule has 2 aromatic carbocycles. The first kappa shape index (κ1) is 15.7. The smallest absolute Gasteiger partial charge is 0.161 e. The van der Waals surface area contributed by atoms with Crippen LogP contribution in [0.15, 0.2) is 42.5 Å². The number of halogens is 1. The minimum absolute atomic E-state index is 0.170. The molecule has 0 heterocycles. The van der Waals surface area contributed by atoms with E-state index in [1.165, 1.54) is 0 Å². The van der Waals surface area contributed by atoms with Crippen LogP contribution in [-0.2, 0) is 6.54 Å². The predicted octanol–water partition coefficient (Wildman–Crippen LogP) is 4.30. The number of benzene rings is 2. The van der Waals surface area contributed by atoms with E-state index in [4.69, 9.17) is 16.3 Å². The van der Waals surface area contributed by atoms with Crippen LogP contribution in [0.2, 0.25) is 5.02 Å². The van der Waals surface area contributed by atoms with Gasteiger partial charge in [0, 0.05) is 17.6 Å². The largest absolute Gasteiger partial charge is 0.504 e. The van der Waals surface area contributed by atoms with Gasteiger partial charge in [-0.2, -0.15) is 0 Å². The van der Waals surface area contributed by atoms with Crippen molar-refractivity contribution in [3.8, 4) is 11.5 Å². The Morgan fingerprint density at radius 3 is 2.76 bits per heavy atom. The highest BCUT2D eigenvalue weighted by molar-refractivity contribution is 6.30. The number of hydrogen-bond acceptors (Lipinski definition) is 3. The highest BCUT2D eigenvalue weighted by Gasteiger charge is 2.07. The Kier molecular flexibility index (Phi) is 5.48. The molecule has 0 amide bonds. The normalized spacial score (nSPS) is 12.1. The summed E-state index contributed by atoms with van der Waals surface area (Å²) in [6, 6.07) is 13.4. The van der Waals surface area contributed by atoms with Crippen LogP contribution in [0, 0.1) is 0 Å². The van der Waals surface area contributed by atoms with E-state index < -0.39 is 0 Å². The van der Waals surface area contributed by atoms with Gasteiger partial charge in [0.25, 0.3) is 0 Å². The Hall–Kier alpha value is -1.71. The lowest BCUT2D eigenvalue weighted by Gasteiger charge is -2.15. The molecular formula is C17H20ClNO2. The number of ether oxygens (including phenoxy) is 1. The highest BCUT2D eigenvalue weighted by Crippen LogP contribution is 2.27. The van der Waals surface area contributed by atoms with Crippen molar-refractivity contribution in [2.75, 3.05) is 6.61 Å². The van der Waals surface area contributed by atoms with Crippen molar-refractivity contribution >= 4 is 11.6 Å². The molecule has 2 rings (SSSR count). The van der Waals surface area contributed by atoms with Crippen LogP contribution in [0.5, 0.6) is 11.5 Å². The van der Waals surface area contributed by atoms with Crippen LogP contribution in [-0.4, -0.2) is 11.7 Å². The van der Waals surface area contributed by atoms with Crippen molar-refractivity contribution in [2.24, 2.45) is 0 Å². The summed E-state index contributed by atoms with van der Waals surface area (Å²) in [7, 11) is 0. The molecule has 112 valence electrons. The molecule has 2 aromatic rings. The summed E-state index contributed by atoms with van der Waals surface area (Å²) in [5.74, 6) is 0.690. The summed E-state index contributed by atoms with van der Waals surface area (Å²) in [6.45, 7) is 5.21. The molecule has 0 bridgehead atoms. The number of rotatable bonds is 6. The Labute approximate surface area is 130 Å². The SMILES string of the molecule is CCOc1cc(CN[C@H](C)c2cccc(Cl)c2)ccc1O. The van der Waals surface area contributed by atoms with Crippen LogP contribution in [0.25, 0.3) is 0 Å². The van der Waals surface area contributed by atoms with Gasteiger partial charge in [-0.3, -0.25) is 0 Å². The monoisotopic (exact) mass is 305 g/mol. The van der Waals surface area contributed by atoms with Gasteiger partial charge in [0.15, 0.2) is 11.5 Å². The number of nitrogens with one attached hydrogen (secondary N) is 1. The summed E-state index contributed by atoms with van der Waals surface area (Å²) in [4.78, 5) is 0. The topological polar surface area (TPSA) is 41.5 Å². The quantitative estimate of drug-likeness (QED) is 0.836. The Balaban J connectivity index is 2.01. The number of phenolic OH excluding ortho intramolecular Hbond substituents is 1. The van der Waals surface area contributed by atoms with E-state index in [9.17, 15) is 5.11 Å². The first-order chi connectivity index (χ1) is 10.1. The lowest BCUT2D eigenvalue weighted by Crippen LogP contribution is -2.18. The zero-order valence-electron chi connectivity index (χ0n) is 12.3. The predicted molar refractivity (Wildman–Crippen MR) is 86.0 cm³/mol. The summed E-state index contributed by atoms with van der Waals surface area (Å²) >= 11 is 6.01. The molecule has 3 nitrogen and oxygen atoms in total. The van der Waals surface area contributed by atoms with Crippen molar-refractivity contribution in [1.29, 1.82) is 0 Å². The molecule has 0 unspecified atom stereocenters. The van der Waals surface area contributed by atoms with Crippen molar-refractivity contribution in [2.45, 2.75) is 26.4 Å². The van der Waals surface area contributed by atoms with Gasteiger partial charge in [-0.25, -0.2) is 0 Å². The minimum atomic E-state index is 0.170. The van der Waals surface area contributed by atoms with E-state index in [0.717, 1.165) is 16.1 Å². The molecule has 0 spiro atoms. The molecule has 1 atom stereocenters. The van der Waals surface area contributed by atoms with E-state index >= 15 is 0 Å². The van der Waals surface area contributed by atoms with Crippen molar-refractivity contribution < 1.29 is 9.84 Å². The lowest BCUT2D eigenvalue weighted by molar-refractivity contribution is 0.317. The van der Waals surface area contributed by atoms with E-state index in [0.29, 0.717) is 18.9 Å². The first-order valence-corrected chi connectivity index (χ1v) is 7.41. The van der Waals surface area contributed by atoms with Crippen molar-refractivity contribution in [1.82, 2.24) is 5.32 Å². The van der Waals surface area contributed by atoms with E-state index in [-0.39, 0.29) is 11.8 Å². The molecule has 0 aliphatic carbocycles. The molecule has 0 aromatic heterocycles. The van der Waals surface area contributed by atoms with Crippen molar-refractivity contribution in [3.63, 3.8) is 0 Å². The van der Waals surface area contributed by atoms with Crippen LogP contribution in [0.4, 0.5) is 0 Å². The third-order valence-corrected chi connectivity index (χ3v) is 3.52. The van der Waals surface area contributed by atoms with Gasteiger partial charge in [0.2, 0.25) is 0 Å². The van der Waals surface area contributed by atoms with E-state index in [2.05, 4.69) is 12.2 Å². The highest BCUT2D eigenvalue weighted by atomic mass is 35.5. The van der Waals surface area contributed by atoms with Gasteiger partial charge in [-0.15, -0.1) is 0 Å². The van der Waals surface area contributed by atoms with Crippen LogP contribution >= 0.6 is 11.6 Å². The van der Waals surface area contributed by atoms with Crippen LogP contribution < -0.4 is 10.1 Å². The average molecular weight is 306 g/mol. The lowest BCUT2D eigenvalue weighted by atomic mass is 10.1. The molecule has 0 radical (unpaired) electrons. The van der Waals surface area contributed by atoms with Crippen LogP contribution in [0.3, 0.4) is 0 Å². The fourth-order valence-electron chi connectivity index (χ4n) is 2.10. The van der Waals surface area contributed by atoms with Gasteiger partial charge in [-0.05, 0) is 49.2 Å². The van der Waals surface area contributed by atoms with Gasteiger partial charge in [0.1, 0.15) is 0 Å². The van der Waals surface area contributed by atoms with Gasteiger partial charge in [0.05, 0.1) is 6.61 Å². The molecule has 0 aliphatic rings. The summed E-state index contributed by atoms with van der Waals surface area (Å²) in [5.41, 5.74) is 2.21. The van der Waals surface area contributed by atoms with Crippen molar-refractivity contribution in [3.05, 3.63) is 58.6 Å². The summed E-state index contributed by atoms with van der Waals surface area (Å²) < 4.78 is 5.39. The summed E-state index contributed by atoms with van der Waals surface area (Å²) in [6.07, 6.45) is 0. The van der Waals surface area contributed by atoms with Crippen LogP contribution in [0.1, 0.15) is 31.0 Å². The first-order valence-electron chi connectivity index (χ1n) is 7.03. The van der Waals surface area contributed by atoms with Gasteiger partial charge in [-0.1, -0.05) is 29.8 Å². The summed E-state index contributed by atoms with van der Waals surface area (Å²) in [5, 5.41) is 13.9. The van der Waals surface area contributed by atoms with Gasteiger partial charge >= 0.3 is 0 Å². The Morgan fingerprint density at radius 2 is 2.05 bits per heavy atom.